The summed E-state index contributed by atoms with van der Waals surface area (Å²) in [6, 6.07) is 10.2. The van der Waals surface area contributed by atoms with Crippen LogP contribution in [0.3, 0.4) is 0 Å². The maximum absolute atomic E-state index is 12.6. The van der Waals surface area contributed by atoms with E-state index in [0.29, 0.717) is 12.7 Å². The molecule has 0 atom stereocenters. The molecular weight excluding hydrogens is 313 g/mol. The standard InChI is InChI=1S/C22H28FNO/c1-2-18-8-10-20(11-9-18)17-25-22-14-12-19(13-15-22)6-4-3-5-7-21(23)16-24/h3,5,7-11,19,22H,2,4,6,12-15,17H2,1H3/b5-3+,21-7-. The summed E-state index contributed by atoms with van der Waals surface area (Å²) in [5.74, 6) is -0.00336. The molecule has 0 N–H and O–H groups in total. The number of hydrogen-bond donors (Lipinski definition) is 0. The minimum Gasteiger partial charge on any atom is -0.374 e. The molecule has 0 radical (unpaired) electrons. The quantitative estimate of drug-likeness (QED) is 0.427. The molecule has 0 aromatic heterocycles. The monoisotopic (exact) mass is 341 g/mol. The smallest absolute Gasteiger partial charge is 0.199 e. The molecule has 0 aliphatic heterocycles. The van der Waals surface area contributed by atoms with Gasteiger partial charge in [0.25, 0.3) is 0 Å². The van der Waals surface area contributed by atoms with Gasteiger partial charge < -0.3 is 4.74 Å². The van der Waals surface area contributed by atoms with Gasteiger partial charge in [-0.3, -0.25) is 0 Å². The lowest BCUT2D eigenvalue weighted by atomic mass is 9.84. The Morgan fingerprint density at radius 3 is 2.52 bits per heavy atom. The molecule has 0 bridgehead atoms. The fourth-order valence-corrected chi connectivity index (χ4v) is 3.29. The summed E-state index contributed by atoms with van der Waals surface area (Å²) in [7, 11) is 0. The van der Waals surface area contributed by atoms with Gasteiger partial charge >= 0.3 is 0 Å². The van der Waals surface area contributed by atoms with Gasteiger partial charge in [0.15, 0.2) is 5.83 Å². The third kappa shape index (κ3) is 7.23. The first-order valence-corrected chi connectivity index (χ1v) is 9.33. The van der Waals surface area contributed by atoms with Crippen molar-refractivity contribution in [3.8, 4) is 6.07 Å². The molecule has 0 saturated heterocycles. The van der Waals surface area contributed by atoms with Crippen molar-refractivity contribution in [3.05, 3.63) is 59.4 Å². The zero-order valence-electron chi connectivity index (χ0n) is 15.1. The number of ether oxygens (including phenoxy) is 1. The predicted octanol–water partition coefficient (Wildman–Crippen LogP) is 6.04. The molecule has 1 aromatic carbocycles. The highest BCUT2D eigenvalue weighted by atomic mass is 19.1. The maximum atomic E-state index is 12.6. The second-order valence-electron chi connectivity index (χ2n) is 6.76. The SMILES string of the molecule is CCc1ccc(COC2CCC(CC/C=C/C=C(\F)C#N)CC2)cc1. The number of halogens is 1. The summed E-state index contributed by atoms with van der Waals surface area (Å²) in [4.78, 5) is 0. The van der Waals surface area contributed by atoms with Crippen molar-refractivity contribution in [3.63, 3.8) is 0 Å². The topological polar surface area (TPSA) is 33.0 Å². The zero-order valence-corrected chi connectivity index (χ0v) is 15.1. The van der Waals surface area contributed by atoms with E-state index in [2.05, 4.69) is 31.2 Å². The first kappa shape index (κ1) is 19.4. The molecule has 0 spiro atoms. The number of rotatable bonds is 8. The Labute approximate surface area is 151 Å². The van der Waals surface area contributed by atoms with E-state index in [-0.39, 0.29) is 0 Å². The molecule has 1 aliphatic carbocycles. The van der Waals surface area contributed by atoms with Crippen LogP contribution >= 0.6 is 0 Å². The lowest BCUT2D eigenvalue weighted by Gasteiger charge is -2.28. The van der Waals surface area contributed by atoms with E-state index < -0.39 is 5.83 Å². The van der Waals surface area contributed by atoms with Gasteiger partial charge in [-0.2, -0.15) is 9.65 Å². The summed E-state index contributed by atoms with van der Waals surface area (Å²) in [5, 5.41) is 8.32. The van der Waals surface area contributed by atoms with Crippen LogP contribution in [0.5, 0.6) is 0 Å². The van der Waals surface area contributed by atoms with Crippen molar-refractivity contribution in [2.45, 2.75) is 64.6 Å². The highest BCUT2D eigenvalue weighted by Gasteiger charge is 2.21. The molecule has 134 valence electrons. The lowest BCUT2D eigenvalue weighted by Crippen LogP contribution is -2.21. The highest BCUT2D eigenvalue weighted by Crippen LogP contribution is 2.30. The average Bonchev–Trinajstić information content (AvgIpc) is 2.67. The minimum atomic E-state index is -0.738. The van der Waals surface area contributed by atoms with E-state index in [1.807, 2.05) is 6.08 Å². The molecule has 0 heterocycles. The van der Waals surface area contributed by atoms with E-state index in [1.165, 1.54) is 36.1 Å². The Bertz CT molecular complexity index is 604. The number of allylic oxidation sites excluding steroid dienone is 4. The minimum absolute atomic E-state index is 0.380. The number of nitrogens with zero attached hydrogens (tertiary/aromatic N) is 1. The average molecular weight is 341 g/mol. The molecule has 2 nitrogen and oxygen atoms in total. The molecule has 25 heavy (non-hydrogen) atoms. The molecule has 0 unspecified atom stereocenters. The van der Waals surface area contributed by atoms with Gasteiger partial charge in [0.05, 0.1) is 12.7 Å². The van der Waals surface area contributed by atoms with Crippen molar-refractivity contribution in [2.24, 2.45) is 5.92 Å². The van der Waals surface area contributed by atoms with Crippen LogP contribution in [0.1, 0.15) is 56.6 Å². The van der Waals surface area contributed by atoms with Crippen LogP contribution in [0.4, 0.5) is 4.39 Å². The van der Waals surface area contributed by atoms with Crippen LogP contribution in [0.2, 0.25) is 0 Å². The fourth-order valence-electron chi connectivity index (χ4n) is 3.29. The van der Waals surface area contributed by atoms with Gasteiger partial charge in [-0.25, -0.2) is 0 Å². The molecule has 2 rings (SSSR count). The summed E-state index contributed by atoms with van der Waals surface area (Å²) < 4.78 is 18.7. The summed E-state index contributed by atoms with van der Waals surface area (Å²) >= 11 is 0. The second kappa shape index (κ2) is 10.8. The predicted molar refractivity (Wildman–Crippen MR) is 99.5 cm³/mol. The van der Waals surface area contributed by atoms with Gasteiger partial charge in [-0.1, -0.05) is 43.3 Å². The van der Waals surface area contributed by atoms with E-state index in [9.17, 15) is 4.39 Å². The van der Waals surface area contributed by atoms with Crippen LogP contribution in [0.25, 0.3) is 0 Å². The van der Waals surface area contributed by atoms with Gasteiger partial charge in [-0.05, 0) is 68.1 Å². The molecule has 1 fully saturated rings. The third-order valence-corrected chi connectivity index (χ3v) is 4.94. The first-order chi connectivity index (χ1) is 12.2. The molecular formula is C22H28FNO. The van der Waals surface area contributed by atoms with Crippen molar-refractivity contribution in [1.29, 1.82) is 5.26 Å². The molecule has 1 aromatic rings. The number of benzene rings is 1. The zero-order chi connectivity index (χ0) is 17.9. The Balaban J connectivity index is 1.62. The van der Waals surface area contributed by atoms with Crippen LogP contribution in [0, 0.1) is 17.2 Å². The summed E-state index contributed by atoms with van der Waals surface area (Å²) in [5.41, 5.74) is 2.62. The van der Waals surface area contributed by atoms with Gasteiger partial charge in [-0.15, -0.1) is 0 Å². The number of nitriles is 1. The Morgan fingerprint density at radius 2 is 1.88 bits per heavy atom. The summed E-state index contributed by atoms with van der Waals surface area (Å²) in [6.45, 7) is 2.87. The van der Waals surface area contributed by atoms with Crippen LogP contribution in [-0.2, 0) is 17.8 Å². The normalized spacial score (nSPS) is 21.4. The third-order valence-electron chi connectivity index (χ3n) is 4.94. The second-order valence-corrected chi connectivity index (χ2v) is 6.76. The molecule has 3 heteroatoms. The number of hydrogen-bond acceptors (Lipinski definition) is 2. The van der Waals surface area contributed by atoms with Crippen molar-refractivity contribution in [2.75, 3.05) is 0 Å². The van der Waals surface area contributed by atoms with Crippen molar-refractivity contribution in [1.82, 2.24) is 0 Å². The Kier molecular flexibility index (Phi) is 8.42. The molecule has 0 amide bonds. The van der Waals surface area contributed by atoms with E-state index >= 15 is 0 Å². The van der Waals surface area contributed by atoms with Crippen molar-refractivity contribution >= 4 is 0 Å². The van der Waals surface area contributed by atoms with E-state index in [1.54, 1.807) is 6.08 Å². The fraction of sp³-hybridized carbons (Fsp3) is 0.500. The van der Waals surface area contributed by atoms with Crippen LogP contribution in [0.15, 0.2) is 48.3 Å². The highest BCUT2D eigenvalue weighted by molar-refractivity contribution is 5.22. The first-order valence-electron chi connectivity index (χ1n) is 9.33. The molecule has 1 aliphatic rings. The van der Waals surface area contributed by atoms with Gasteiger partial charge in [0, 0.05) is 0 Å². The van der Waals surface area contributed by atoms with Crippen molar-refractivity contribution < 1.29 is 9.13 Å². The van der Waals surface area contributed by atoms with Gasteiger partial charge in [0.2, 0.25) is 0 Å². The summed E-state index contributed by atoms with van der Waals surface area (Å²) in [6.07, 6.45) is 13.0. The largest absolute Gasteiger partial charge is 0.374 e. The van der Waals surface area contributed by atoms with Crippen LogP contribution < -0.4 is 0 Å². The maximum Gasteiger partial charge on any atom is 0.199 e. The lowest BCUT2D eigenvalue weighted by molar-refractivity contribution is 0.00646. The van der Waals surface area contributed by atoms with Crippen LogP contribution in [-0.4, -0.2) is 6.10 Å². The van der Waals surface area contributed by atoms with E-state index in [0.717, 1.165) is 38.0 Å². The Morgan fingerprint density at radius 1 is 1.20 bits per heavy atom. The molecule has 1 saturated carbocycles. The van der Waals surface area contributed by atoms with E-state index in [4.69, 9.17) is 10.00 Å². The Hall–Kier alpha value is -1.92. The van der Waals surface area contributed by atoms with Gasteiger partial charge in [0.1, 0.15) is 6.07 Å². The number of aryl methyl sites for hydroxylation is 1.